The first kappa shape index (κ1) is 18.0. The number of benzene rings is 1. The van der Waals surface area contributed by atoms with Gasteiger partial charge in [-0.05, 0) is 24.5 Å². The molecule has 1 aromatic carbocycles. The Kier molecular flexibility index (Phi) is 4.91. The van der Waals surface area contributed by atoms with Gasteiger partial charge in [-0.25, -0.2) is 9.18 Å². The number of carbonyl (C=O) groups is 2. The fourth-order valence-electron chi connectivity index (χ4n) is 3.72. The quantitative estimate of drug-likeness (QED) is 0.821. The largest absolute Gasteiger partial charge is 0.342 e. The number of carbonyl (C=O) groups excluding carboxylic acids is 2. The van der Waals surface area contributed by atoms with Gasteiger partial charge in [-0.2, -0.15) is 0 Å². The Morgan fingerprint density at radius 1 is 1.28 bits per heavy atom. The van der Waals surface area contributed by atoms with E-state index in [1.807, 2.05) is 13.8 Å². The Hall–Kier alpha value is -1.82. The van der Waals surface area contributed by atoms with Crippen LogP contribution in [0.1, 0.15) is 25.8 Å². The molecule has 2 aliphatic heterocycles. The lowest BCUT2D eigenvalue weighted by molar-refractivity contribution is -0.140. The standard InChI is InChI=1S/C18H23ClFN3O2/c1-11(2)7-16-17(24)21(3)8-12-9-22(18(25)23(12)16)10-13-14(19)5-4-6-15(13)20/h4-6,11-12,16H,7-10H2,1-3H3/t12-,16+/m1/s1. The minimum Gasteiger partial charge on any atom is -0.342 e. The number of rotatable bonds is 4. The van der Waals surface area contributed by atoms with Crippen molar-refractivity contribution in [3.63, 3.8) is 0 Å². The molecule has 0 N–H and O–H groups in total. The highest BCUT2D eigenvalue weighted by atomic mass is 35.5. The van der Waals surface area contributed by atoms with Crippen molar-refractivity contribution in [1.29, 1.82) is 0 Å². The Morgan fingerprint density at radius 3 is 2.64 bits per heavy atom. The molecule has 1 aromatic rings. The first-order chi connectivity index (χ1) is 11.8. The minimum atomic E-state index is -0.447. The molecule has 5 nitrogen and oxygen atoms in total. The Bertz CT molecular complexity index is 677. The van der Waals surface area contributed by atoms with Crippen LogP contribution in [0.3, 0.4) is 0 Å². The number of halogens is 2. The van der Waals surface area contributed by atoms with E-state index >= 15 is 0 Å². The van der Waals surface area contributed by atoms with Gasteiger partial charge in [-0.1, -0.05) is 31.5 Å². The molecule has 2 heterocycles. The molecule has 2 fully saturated rings. The molecule has 0 unspecified atom stereocenters. The first-order valence-corrected chi connectivity index (χ1v) is 8.92. The zero-order chi connectivity index (χ0) is 18.3. The second kappa shape index (κ2) is 6.83. The topological polar surface area (TPSA) is 43.9 Å². The number of urea groups is 1. The molecule has 0 bridgehead atoms. The van der Waals surface area contributed by atoms with Crippen LogP contribution in [-0.4, -0.2) is 58.9 Å². The Balaban J connectivity index is 1.84. The van der Waals surface area contributed by atoms with Crippen molar-refractivity contribution < 1.29 is 14.0 Å². The molecular formula is C18H23ClFN3O2. The average molecular weight is 368 g/mol. The molecule has 7 heteroatoms. The maximum absolute atomic E-state index is 14.1. The van der Waals surface area contributed by atoms with Gasteiger partial charge in [-0.15, -0.1) is 0 Å². The van der Waals surface area contributed by atoms with E-state index in [0.29, 0.717) is 36.0 Å². The summed E-state index contributed by atoms with van der Waals surface area (Å²) in [4.78, 5) is 30.5. The van der Waals surface area contributed by atoms with Crippen molar-refractivity contribution >= 4 is 23.5 Å². The van der Waals surface area contributed by atoms with Crippen LogP contribution in [-0.2, 0) is 11.3 Å². The third-order valence-corrected chi connectivity index (χ3v) is 5.26. The summed E-state index contributed by atoms with van der Waals surface area (Å²) in [6.07, 6.45) is 0.625. The molecule has 3 rings (SSSR count). The van der Waals surface area contributed by atoms with Gasteiger partial charge in [0.15, 0.2) is 0 Å². The van der Waals surface area contributed by atoms with Crippen molar-refractivity contribution in [2.75, 3.05) is 20.1 Å². The molecule has 136 valence electrons. The van der Waals surface area contributed by atoms with Crippen LogP contribution in [0.5, 0.6) is 0 Å². The zero-order valence-electron chi connectivity index (χ0n) is 14.7. The summed E-state index contributed by atoms with van der Waals surface area (Å²) in [7, 11) is 1.77. The van der Waals surface area contributed by atoms with Gasteiger partial charge in [0.1, 0.15) is 11.9 Å². The molecular weight excluding hydrogens is 345 g/mol. The second-order valence-corrected chi connectivity index (χ2v) is 7.70. The number of fused-ring (bicyclic) bond motifs is 1. The highest BCUT2D eigenvalue weighted by Gasteiger charge is 2.48. The van der Waals surface area contributed by atoms with E-state index in [2.05, 4.69) is 0 Å². The molecule has 0 spiro atoms. The Labute approximate surface area is 152 Å². The lowest BCUT2D eigenvalue weighted by Crippen LogP contribution is -2.60. The van der Waals surface area contributed by atoms with Gasteiger partial charge in [0.05, 0.1) is 12.6 Å². The third-order valence-electron chi connectivity index (χ3n) is 4.90. The number of piperazine rings is 1. The van der Waals surface area contributed by atoms with Crippen molar-refractivity contribution in [1.82, 2.24) is 14.7 Å². The molecule has 3 amide bonds. The molecule has 2 aliphatic rings. The summed E-state index contributed by atoms with van der Waals surface area (Å²) >= 11 is 6.10. The fraction of sp³-hybridized carbons (Fsp3) is 0.556. The SMILES string of the molecule is CC(C)C[C@H]1C(=O)N(C)C[C@@H]2CN(Cc3c(F)cccc3Cl)C(=O)N21. The van der Waals surface area contributed by atoms with Gasteiger partial charge in [0.25, 0.3) is 0 Å². The second-order valence-electron chi connectivity index (χ2n) is 7.29. The number of nitrogens with zero attached hydrogens (tertiary/aromatic N) is 3. The third kappa shape index (κ3) is 3.32. The molecule has 0 aliphatic carbocycles. The Morgan fingerprint density at radius 2 is 2.00 bits per heavy atom. The van der Waals surface area contributed by atoms with E-state index in [1.165, 1.54) is 6.07 Å². The van der Waals surface area contributed by atoms with Gasteiger partial charge >= 0.3 is 6.03 Å². The predicted octanol–water partition coefficient (Wildman–Crippen LogP) is 2.97. The predicted molar refractivity (Wildman–Crippen MR) is 93.7 cm³/mol. The van der Waals surface area contributed by atoms with Crippen LogP contribution < -0.4 is 0 Å². The van der Waals surface area contributed by atoms with E-state index in [9.17, 15) is 14.0 Å². The number of amides is 3. The minimum absolute atomic E-state index is 0.0240. The fourth-order valence-corrected chi connectivity index (χ4v) is 3.94. The van der Waals surface area contributed by atoms with Gasteiger partial charge in [0, 0.05) is 30.7 Å². The van der Waals surface area contributed by atoms with Gasteiger partial charge < -0.3 is 14.7 Å². The van der Waals surface area contributed by atoms with E-state index in [4.69, 9.17) is 11.6 Å². The number of hydrogen-bond donors (Lipinski definition) is 0. The molecule has 25 heavy (non-hydrogen) atoms. The van der Waals surface area contributed by atoms with Gasteiger partial charge in [0.2, 0.25) is 5.91 Å². The van der Waals surface area contributed by atoms with Crippen LogP contribution in [0.2, 0.25) is 5.02 Å². The summed E-state index contributed by atoms with van der Waals surface area (Å²) in [5, 5.41) is 0.310. The summed E-state index contributed by atoms with van der Waals surface area (Å²) in [6.45, 7) is 5.16. The van der Waals surface area contributed by atoms with E-state index in [0.717, 1.165) is 0 Å². The monoisotopic (exact) mass is 367 g/mol. The maximum atomic E-state index is 14.1. The van der Waals surface area contributed by atoms with Crippen molar-refractivity contribution in [3.8, 4) is 0 Å². The van der Waals surface area contributed by atoms with Crippen LogP contribution >= 0.6 is 11.6 Å². The normalized spacial score (nSPS) is 23.7. The van der Waals surface area contributed by atoms with E-state index in [-0.39, 0.29) is 24.5 Å². The summed E-state index contributed by atoms with van der Waals surface area (Å²) in [5.41, 5.74) is 0.317. The molecule has 0 radical (unpaired) electrons. The van der Waals surface area contributed by atoms with Crippen LogP contribution in [0.4, 0.5) is 9.18 Å². The average Bonchev–Trinajstić information content (AvgIpc) is 2.83. The lowest BCUT2D eigenvalue weighted by atomic mass is 9.98. The maximum Gasteiger partial charge on any atom is 0.321 e. The van der Waals surface area contributed by atoms with Crippen molar-refractivity contribution in [2.24, 2.45) is 5.92 Å². The van der Waals surface area contributed by atoms with Crippen LogP contribution in [0.15, 0.2) is 18.2 Å². The summed E-state index contributed by atoms with van der Waals surface area (Å²) < 4.78 is 14.1. The van der Waals surface area contributed by atoms with E-state index in [1.54, 1.807) is 33.9 Å². The summed E-state index contributed by atoms with van der Waals surface area (Å²) in [6, 6.07) is 3.78. The van der Waals surface area contributed by atoms with E-state index < -0.39 is 11.9 Å². The highest BCUT2D eigenvalue weighted by molar-refractivity contribution is 6.31. The first-order valence-electron chi connectivity index (χ1n) is 8.54. The van der Waals surface area contributed by atoms with Crippen molar-refractivity contribution in [3.05, 3.63) is 34.6 Å². The summed E-state index contributed by atoms with van der Waals surface area (Å²) in [5.74, 6) is -0.148. The zero-order valence-corrected chi connectivity index (χ0v) is 15.5. The van der Waals surface area contributed by atoms with Crippen molar-refractivity contribution in [2.45, 2.75) is 38.9 Å². The lowest BCUT2D eigenvalue weighted by Gasteiger charge is -2.41. The van der Waals surface area contributed by atoms with Crippen LogP contribution in [0.25, 0.3) is 0 Å². The molecule has 2 atom stereocenters. The smallest absolute Gasteiger partial charge is 0.321 e. The number of hydrogen-bond acceptors (Lipinski definition) is 2. The van der Waals surface area contributed by atoms with Crippen LogP contribution in [0, 0.1) is 11.7 Å². The number of likely N-dealkylation sites (N-methyl/N-ethyl adjacent to an activating group) is 1. The highest BCUT2D eigenvalue weighted by Crippen LogP contribution is 2.30. The molecule has 0 aromatic heterocycles. The molecule has 2 saturated heterocycles. The molecule has 0 saturated carbocycles. The van der Waals surface area contributed by atoms with Gasteiger partial charge in [-0.3, -0.25) is 4.79 Å².